The van der Waals surface area contributed by atoms with E-state index < -0.39 is 24.0 Å². The van der Waals surface area contributed by atoms with Crippen molar-refractivity contribution in [2.24, 2.45) is 5.10 Å². The van der Waals surface area contributed by atoms with Gasteiger partial charge in [0.2, 0.25) is 0 Å². The van der Waals surface area contributed by atoms with Crippen molar-refractivity contribution in [3.8, 4) is 29.6 Å². The number of benzene rings is 3. The third kappa shape index (κ3) is 8.91. The zero-order valence-electron chi connectivity index (χ0n) is 21.6. The van der Waals surface area contributed by atoms with E-state index in [9.17, 15) is 9.59 Å². The first-order valence-corrected chi connectivity index (χ1v) is 13.5. The fourth-order valence-corrected chi connectivity index (χ4v) is 4.51. The SMILES string of the molecule is C#CCOc1c(Br)cc(/C=N\NC(=O)[C@@H](Cc2ccccc2)NC(=O)[C@@H](C)Oc2ccc(Cl)cc2Cl)cc1OC. The molecular weight excluding hydrogens is 621 g/mol. The van der Waals surface area contributed by atoms with Gasteiger partial charge in [-0.25, -0.2) is 5.43 Å². The lowest BCUT2D eigenvalue weighted by Crippen LogP contribution is -2.50. The number of rotatable bonds is 12. The van der Waals surface area contributed by atoms with Gasteiger partial charge >= 0.3 is 0 Å². The average molecular weight is 647 g/mol. The number of halogens is 3. The Morgan fingerprint density at radius 3 is 2.52 bits per heavy atom. The molecule has 0 saturated carbocycles. The second kappa shape index (κ2) is 15.2. The molecule has 0 aliphatic carbocycles. The summed E-state index contributed by atoms with van der Waals surface area (Å²) < 4.78 is 17.2. The number of carbonyl (C=O) groups excluding carboxylic acids is 2. The number of amides is 2. The Bertz CT molecular complexity index is 1410. The first kappa shape index (κ1) is 30.8. The van der Waals surface area contributed by atoms with Crippen molar-refractivity contribution in [1.29, 1.82) is 0 Å². The van der Waals surface area contributed by atoms with E-state index in [1.54, 1.807) is 31.2 Å². The van der Waals surface area contributed by atoms with E-state index in [1.165, 1.54) is 19.4 Å². The van der Waals surface area contributed by atoms with Crippen LogP contribution in [-0.4, -0.2) is 43.9 Å². The van der Waals surface area contributed by atoms with Gasteiger partial charge in [-0.2, -0.15) is 5.10 Å². The Labute approximate surface area is 251 Å². The van der Waals surface area contributed by atoms with Gasteiger partial charge in [0.15, 0.2) is 17.6 Å². The number of hydrazone groups is 1. The summed E-state index contributed by atoms with van der Waals surface area (Å²) in [5.41, 5.74) is 3.95. The van der Waals surface area contributed by atoms with Crippen molar-refractivity contribution >= 4 is 57.2 Å². The molecule has 0 unspecified atom stereocenters. The minimum Gasteiger partial charge on any atom is -0.493 e. The van der Waals surface area contributed by atoms with Gasteiger partial charge in [0.05, 0.1) is 22.8 Å². The maximum Gasteiger partial charge on any atom is 0.262 e. The molecule has 208 valence electrons. The third-order valence-electron chi connectivity index (χ3n) is 5.42. The van der Waals surface area contributed by atoms with Crippen LogP contribution < -0.4 is 25.0 Å². The lowest BCUT2D eigenvalue weighted by molar-refractivity contribution is -0.132. The molecule has 0 fully saturated rings. The Kier molecular flexibility index (Phi) is 11.7. The molecule has 0 aliphatic heterocycles. The van der Waals surface area contributed by atoms with Crippen LogP contribution in [0.2, 0.25) is 10.0 Å². The summed E-state index contributed by atoms with van der Waals surface area (Å²) in [5.74, 6) is 2.54. The Morgan fingerprint density at radius 2 is 1.85 bits per heavy atom. The maximum atomic E-state index is 13.1. The average Bonchev–Trinajstić information content (AvgIpc) is 2.93. The molecule has 0 aromatic heterocycles. The van der Waals surface area contributed by atoms with E-state index in [0.29, 0.717) is 32.3 Å². The Balaban J connectivity index is 1.72. The summed E-state index contributed by atoms with van der Waals surface area (Å²) in [5, 5.41) is 7.51. The van der Waals surface area contributed by atoms with Crippen LogP contribution in [0.1, 0.15) is 18.1 Å². The molecule has 0 aliphatic rings. The number of methoxy groups -OCH3 is 1. The standard InChI is InChI=1S/C29H26BrCl2N3O5/c1-4-12-39-27-22(30)13-20(15-26(27)38-3)17-33-35-29(37)24(14-19-8-6-5-7-9-19)34-28(36)18(2)40-25-11-10-21(31)16-23(25)32/h1,5-11,13,15-18,24H,12,14H2,2-3H3,(H,34,36)(H,35,37)/b33-17-/t18-,24-/m1/s1. The highest BCUT2D eigenvalue weighted by Crippen LogP contribution is 2.36. The predicted octanol–water partition coefficient (Wildman–Crippen LogP) is 5.42. The molecule has 0 bridgehead atoms. The van der Waals surface area contributed by atoms with Crippen LogP contribution in [0.25, 0.3) is 0 Å². The fourth-order valence-electron chi connectivity index (χ4n) is 3.48. The highest BCUT2D eigenvalue weighted by Gasteiger charge is 2.25. The lowest BCUT2D eigenvalue weighted by Gasteiger charge is -2.21. The van der Waals surface area contributed by atoms with Crippen molar-refractivity contribution in [2.75, 3.05) is 13.7 Å². The van der Waals surface area contributed by atoms with Crippen molar-refractivity contribution < 1.29 is 23.8 Å². The summed E-state index contributed by atoms with van der Waals surface area (Å²) >= 11 is 15.5. The third-order valence-corrected chi connectivity index (χ3v) is 6.54. The van der Waals surface area contributed by atoms with Crippen LogP contribution in [0, 0.1) is 12.3 Å². The van der Waals surface area contributed by atoms with Crippen LogP contribution in [0.4, 0.5) is 0 Å². The van der Waals surface area contributed by atoms with Crippen LogP contribution in [-0.2, 0) is 16.0 Å². The highest BCUT2D eigenvalue weighted by molar-refractivity contribution is 9.10. The lowest BCUT2D eigenvalue weighted by atomic mass is 10.1. The second-order valence-corrected chi connectivity index (χ2v) is 10.0. The first-order chi connectivity index (χ1) is 19.2. The van der Waals surface area contributed by atoms with E-state index >= 15 is 0 Å². The molecule has 0 spiro atoms. The number of ether oxygens (including phenoxy) is 3. The smallest absolute Gasteiger partial charge is 0.262 e. The van der Waals surface area contributed by atoms with Crippen molar-refractivity contribution in [3.05, 3.63) is 86.3 Å². The molecule has 0 heterocycles. The van der Waals surface area contributed by atoms with Gasteiger partial charge in [0.1, 0.15) is 18.4 Å². The van der Waals surface area contributed by atoms with E-state index in [2.05, 4.69) is 37.7 Å². The molecule has 8 nitrogen and oxygen atoms in total. The van der Waals surface area contributed by atoms with E-state index in [4.69, 9.17) is 43.8 Å². The van der Waals surface area contributed by atoms with Gasteiger partial charge in [0, 0.05) is 11.4 Å². The number of hydrogen-bond acceptors (Lipinski definition) is 6. The quantitative estimate of drug-likeness (QED) is 0.156. The van der Waals surface area contributed by atoms with Crippen LogP contribution >= 0.6 is 39.1 Å². The van der Waals surface area contributed by atoms with Crippen molar-refractivity contribution in [3.63, 3.8) is 0 Å². The van der Waals surface area contributed by atoms with Crippen LogP contribution in [0.15, 0.2) is 70.2 Å². The minimum absolute atomic E-state index is 0.0728. The summed E-state index contributed by atoms with van der Waals surface area (Å²) in [4.78, 5) is 26.1. The first-order valence-electron chi connectivity index (χ1n) is 11.9. The second-order valence-electron chi connectivity index (χ2n) is 8.35. The van der Waals surface area contributed by atoms with E-state index in [0.717, 1.165) is 5.56 Å². The molecular formula is C29H26BrCl2N3O5. The highest BCUT2D eigenvalue weighted by atomic mass is 79.9. The zero-order chi connectivity index (χ0) is 29.1. The van der Waals surface area contributed by atoms with Gasteiger partial charge in [-0.05, 0) is 64.3 Å². The number of terminal acetylenes is 1. The normalized spacial score (nSPS) is 12.2. The maximum absolute atomic E-state index is 13.1. The largest absolute Gasteiger partial charge is 0.493 e. The Morgan fingerprint density at radius 1 is 1.10 bits per heavy atom. The van der Waals surface area contributed by atoms with E-state index in [-0.39, 0.29) is 18.1 Å². The van der Waals surface area contributed by atoms with Gasteiger partial charge < -0.3 is 19.5 Å². The van der Waals surface area contributed by atoms with Gasteiger partial charge in [-0.1, -0.05) is 59.5 Å². The zero-order valence-corrected chi connectivity index (χ0v) is 24.7. The number of nitrogens with one attached hydrogen (secondary N) is 2. The molecule has 2 N–H and O–H groups in total. The summed E-state index contributed by atoms with van der Waals surface area (Å²) in [7, 11) is 1.50. The van der Waals surface area contributed by atoms with Crippen LogP contribution in [0.5, 0.6) is 17.2 Å². The molecule has 3 aromatic carbocycles. The van der Waals surface area contributed by atoms with Crippen molar-refractivity contribution in [1.82, 2.24) is 10.7 Å². The molecule has 2 atom stereocenters. The number of hydrogen-bond donors (Lipinski definition) is 2. The monoisotopic (exact) mass is 645 g/mol. The predicted molar refractivity (Wildman–Crippen MR) is 159 cm³/mol. The molecule has 3 aromatic rings. The van der Waals surface area contributed by atoms with E-state index in [1.807, 2.05) is 30.3 Å². The molecule has 11 heteroatoms. The molecule has 0 saturated heterocycles. The van der Waals surface area contributed by atoms with Crippen LogP contribution in [0.3, 0.4) is 0 Å². The fraction of sp³-hybridized carbons (Fsp3) is 0.207. The number of carbonyl (C=O) groups is 2. The summed E-state index contributed by atoms with van der Waals surface area (Å²) in [6.07, 6.45) is 5.98. The molecule has 40 heavy (non-hydrogen) atoms. The minimum atomic E-state index is -0.951. The van der Waals surface area contributed by atoms with Gasteiger partial charge in [0.25, 0.3) is 11.8 Å². The number of nitrogens with zero attached hydrogens (tertiary/aromatic N) is 1. The van der Waals surface area contributed by atoms with Crippen molar-refractivity contribution in [2.45, 2.75) is 25.5 Å². The van der Waals surface area contributed by atoms with Gasteiger partial charge in [-0.15, -0.1) is 6.42 Å². The molecule has 0 radical (unpaired) electrons. The Hall–Kier alpha value is -3.71. The molecule has 2 amide bonds. The topological polar surface area (TPSA) is 98.2 Å². The summed E-state index contributed by atoms with van der Waals surface area (Å²) in [6, 6.07) is 16.4. The van der Waals surface area contributed by atoms with Gasteiger partial charge in [-0.3, -0.25) is 9.59 Å². The summed E-state index contributed by atoms with van der Waals surface area (Å²) in [6.45, 7) is 1.63. The molecule has 3 rings (SSSR count).